The number of nitrogens with one attached hydrogen (secondary N) is 1. The fourth-order valence-electron chi connectivity index (χ4n) is 4.68. The summed E-state index contributed by atoms with van der Waals surface area (Å²) in [5, 5.41) is 3.13. The zero-order valence-electron chi connectivity index (χ0n) is 17.5. The number of carbonyl (C=O) groups excluding carboxylic acids is 2. The molecule has 3 heterocycles. The molecule has 1 N–H and O–H groups in total. The molecule has 3 aliphatic heterocycles. The van der Waals surface area contributed by atoms with E-state index in [0.29, 0.717) is 24.8 Å². The van der Waals surface area contributed by atoms with Crippen molar-refractivity contribution < 1.29 is 23.8 Å². The van der Waals surface area contributed by atoms with Crippen molar-refractivity contribution in [3.8, 4) is 5.75 Å². The molecule has 8 nitrogen and oxygen atoms in total. The summed E-state index contributed by atoms with van der Waals surface area (Å²) in [6, 6.07) is 7.65. The molecule has 3 unspecified atom stereocenters. The van der Waals surface area contributed by atoms with Gasteiger partial charge in [0.25, 0.3) is 0 Å². The largest absolute Gasteiger partial charge is 0.495 e. The minimum absolute atomic E-state index is 0.0476. The molecule has 3 saturated heterocycles. The molecule has 0 radical (unpaired) electrons. The van der Waals surface area contributed by atoms with Gasteiger partial charge in [-0.2, -0.15) is 0 Å². The molecule has 1 aromatic carbocycles. The number of nitrogens with zero attached hydrogens (tertiary/aromatic N) is 2. The van der Waals surface area contributed by atoms with Crippen molar-refractivity contribution in [2.45, 2.75) is 18.9 Å². The van der Waals surface area contributed by atoms with E-state index in [0.717, 1.165) is 51.6 Å². The molecule has 0 bridgehead atoms. The van der Waals surface area contributed by atoms with Gasteiger partial charge in [-0.25, -0.2) is 0 Å². The minimum Gasteiger partial charge on any atom is -0.495 e. The fraction of sp³-hybridized carbons (Fsp3) is 0.636. The van der Waals surface area contributed by atoms with E-state index in [1.807, 2.05) is 24.3 Å². The maximum absolute atomic E-state index is 12.9. The number of hydrogen-bond donors (Lipinski definition) is 1. The Kier molecular flexibility index (Phi) is 6.86. The first kappa shape index (κ1) is 21.1. The van der Waals surface area contributed by atoms with Crippen LogP contribution >= 0.6 is 0 Å². The Morgan fingerprint density at radius 1 is 1.23 bits per heavy atom. The highest BCUT2D eigenvalue weighted by molar-refractivity contribution is 6.01. The Hall–Kier alpha value is -2.16. The summed E-state index contributed by atoms with van der Waals surface area (Å²) in [6.07, 6.45) is 1.24. The zero-order valence-corrected chi connectivity index (χ0v) is 17.5. The maximum Gasteiger partial charge on any atom is 0.227 e. The van der Waals surface area contributed by atoms with Gasteiger partial charge in [0.05, 0.1) is 38.5 Å². The molecular formula is C22H31N3O5. The van der Waals surface area contributed by atoms with Crippen LogP contribution < -0.4 is 15.0 Å². The van der Waals surface area contributed by atoms with Crippen LogP contribution in [0.25, 0.3) is 0 Å². The SMILES string of the molecule is COc1ccccc1N1CC(C(=O)NCC(C2CCOC2)N2CCOCC2)CC1=O. The van der Waals surface area contributed by atoms with Crippen molar-refractivity contribution >= 4 is 17.5 Å². The van der Waals surface area contributed by atoms with Crippen LogP contribution in [-0.4, -0.2) is 82.5 Å². The van der Waals surface area contributed by atoms with Gasteiger partial charge in [-0.1, -0.05) is 12.1 Å². The molecule has 4 rings (SSSR count). The van der Waals surface area contributed by atoms with Gasteiger partial charge < -0.3 is 24.4 Å². The number of morpholine rings is 1. The lowest BCUT2D eigenvalue weighted by Crippen LogP contribution is -2.53. The van der Waals surface area contributed by atoms with Crippen LogP contribution in [0.5, 0.6) is 5.75 Å². The monoisotopic (exact) mass is 417 g/mol. The number of rotatable bonds is 7. The first-order chi connectivity index (χ1) is 14.7. The molecule has 8 heteroatoms. The Morgan fingerprint density at radius 3 is 2.77 bits per heavy atom. The molecular weight excluding hydrogens is 386 g/mol. The van der Waals surface area contributed by atoms with Crippen molar-refractivity contribution in [3.63, 3.8) is 0 Å². The lowest BCUT2D eigenvalue weighted by atomic mass is 9.96. The van der Waals surface area contributed by atoms with Crippen LogP contribution in [0, 0.1) is 11.8 Å². The summed E-state index contributed by atoms with van der Waals surface area (Å²) in [5.41, 5.74) is 0.717. The normalized spacial score (nSPS) is 26.0. The zero-order chi connectivity index (χ0) is 20.9. The molecule has 0 spiro atoms. The van der Waals surface area contributed by atoms with Crippen LogP contribution in [0.1, 0.15) is 12.8 Å². The van der Waals surface area contributed by atoms with Crippen molar-refractivity contribution in [1.29, 1.82) is 0 Å². The number of amides is 2. The van der Waals surface area contributed by atoms with Gasteiger partial charge in [-0.15, -0.1) is 0 Å². The Bertz CT molecular complexity index is 746. The van der Waals surface area contributed by atoms with E-state index in [1.165, 1.54) is 0 Å². The van der Waals surface area contributed by atoms with Crippen LogP contribution in [0.15, 0.2) is 24.3 Å². The van der Waals surface area contributed by atoms with E-state index >= 15 is 0 Å². The molecule has 164 valence electrons. The van der Waals surface area contributed by atoms with E-state index in [1.54, 1.807) is 12.0 Å². The first-order valence-corrected chi connectivity index (χ1v) is 10.8. The van der Waals surface area contributed by atoms with Gasteiger partial charge in [0, 0.05) is 51.2 Å². The summed E-state index contributed by atoms with van der Waals surface area (Å²) in [5.74, 6) is 0.596. The molecule has 0 saturated carbocycles. The Morgan fingerprint density at radius 2 is 2.03 bits per heavy atom. The third kappa shape index (κ3) is 4.61. The third-order valence-electron chi connectivity index (χ3n) is 6.38. The third-order valence-corrected chi connectivity index (χ3v) is 6.38. The highest BCUT2D eigenvalue weighted by Gasteiger charge is 2.37. The van der Waals surface area contributed by atoms with Crippen molar-refractivity contribution in [3.05, 3.63) is 24.3 Å². The highest BCUT2D eigenvalue weighted by atomic mass is 16.5. The minimum atomic E-state index is -0.354. The lowest BCUT2D eigenvalue weighted by Gasteiger charge is -2.37. The first-order valence-electron chi connectivity index (χ1n) is 10.8. The summed E-state index contributed by atoms with van der Waals surface area (Å²) >= 11 is 0. The van der Waals surface area contributed by atoms with Crippen molar-refractivity contribution in [2.75, 3.05) is 64.6 Å². The van der Waals surface area contributed by atoms with Crippen molar-refractivity contribution in [1.82, 2.24) is 10.2 Å². The summed E-state index contributed by atoms with van der Waals surface area (Å²) in [4.78, 5) is 29.6. The average Bonchev–Trinajstić information content (AvgIpc) is 3.44. The van der Waals surface area contributed by atoms with Gasteiger partial charge in [-0.05, 0) is 18.6 Å². The average molecular weight is 418 g/mol. The van der Waals surface area contributed by atoms with Crippen LogP contribution in [0.2, 0.25) is 0 Å². The maximum atomic E-state index is 12.9. The number of carbonyl (C=O) groups is 2. The predicted molar refractivity (Wildman–Crippen MR) is 112 cm³/mol. The molecule has 3 atom stereocenters. The Labute approximate surface area is 177 Å². The second kappa shape index (κ2) is 9.76. The fourth-order valence-corrected chi connectivity index (χ4v) is 4.68. The van der Waals surface area contributed by atoms with Gasteiger partial charge in [-0.3, -0.25) is 14.5 Å². The molecule has 1 aromatic rings. The van der Waals surface area contributed by atoms with Gasteiger partial charge in [0.15, 0.2) is 0 Å². The highest BCUT2D eigenvalue weighted by Crippen LogP contribution is 2.32. The van der Waals surface area contributed by atoms with E-state index in [9.17, 15) is 9.59 Å². The number of benzene rings is 1. The molecule has 3 fully saturated rings. The molecule has 0 aromatic heterocycles. The predicted octanol–water partition coefficient (Wildman–Crippen LogP) is 0.902. The second-order valence-electron chi connectivity index (χ2n) is 8.16. The quantitative estimate of drug-likeness (QED) is 0.710. The number of anilines is 1. The van der Waals surface area contributed by atoms with Gasteiger partial charge in [0.2, 0.25) is 11.8 Å². The number of ether oxygens (including phenoxy) is 3. The summed E-state index contributed by atoms with van der Waals surface area (Å²) in [6.45, 7) is 5.67. The van der Waals surface area contributed by atoms with Gasteiger partial charge in [0.1, 0.15) is 5.75 Å². The molecule has 2 amide bonds. The lowest BCUT2D eigenvalue weighted by molar-refractivity contribution is -0.126. The smallest absolute Gasteiger partial charge is 0.227 e. The van der Waals surface area contributed by atoms with E-state index in [4.69, 9.17) is 14.2 Å². The van der Waals surface area contributed by atoms with Crippen LogP contribution in [0.3, 0.4) is 0 Å². The van der Waals surface area contributed by atoms with Crippen molar-refractivity contribution in [2.24, 2.45) is 11.8 Å². The van der Waals surface area contributed by atoms with E-state index < -0.39 is 0 Å². The van der Waals surface area contributed by atoms with Crippen LogP contribution in [-0.2, 0) is 19.1 Å². The number of para-hydroxylation sites is 2. The number of methoxy groups -OCH3 is 1. The topological polar surface area (TPSA) is 80.3 Å². The Balaban J connectivity index is 1.37. The summed E-state index contributed by atoms with van der Waals surface area (Å²) < 4.78 is 16.5. The van der Waals surface area contributed by atoms with E-state index in [-0.39, 0.29) is 30.2 Å². The molecule has 0 aliphatic carbocycles. The number of hydrogen-bond acceptors (Lipinski definition) is 6. The van der Waals surface area contributed by atoms with E-state index in [2.05, 4.69) is 10.2 Å². The molecule has 30 heavy (non-hydrogen) atoms. The molecule has 3 aliphatic rings. The standard InChI is InChI=1S/C22H31N3O5/c1-28-20-5-3-2-4-18(20)25-14-17(12-21(25)26)22(27)23-13-19(16-6-9-30-15-16)24-7-10-29-11-8-24/h2-5,16-17,19H,6-15H2,1H3,(H,23,27). The van der Waals surface area contributed by atoms with Crippen LogP contribution in [0.4, 0.5) is 5.69 Å². The van der Waals surface area contributed by atoms with Gasteiger partial charge >= 0.3 is 0 Å². The summed E-state index contributed by atoms with van der Waals surface area (Å²) in [7, 11) is 1.59. The second-order valence-corrected chi connectivity index (χ2v) is 8.16.